The summed E-state index contributed by atoms with van der Waals surface area (Å²) in [4.78, 5) is 23.3. The highest BCUT2D eigenvalue weighted by molar-refractivity contribution is 5.85. The third-order valence-electron chi connectivity index (χ3n) is 2.20. The van der Waals surface area contributed by atoms with Crippen molar-refractivity contribution in [3.8, 4) is 11.4 Å². The molecule has 0 radical (unpaired) electrons. The first kappa shape index (κ1) is 11.2. The lowest BCUT2D eigenvalue weighted by Gasteiger charge is -2.03. The molecule has 0 unspecified atom stereocenters. The van der Waals surface area contributed by atoms with Crippen LogP contribution in [0.3, 0.4) is 0 Å². The van der Waals surface area contributed by atoms with Gasteiger partial charge in [0, 0.05) is 5.69 Å². The van der Waals surface area contributed by atoms with Gasteiger partial charge in [-0.2, -0.15) is 0 Å². The Morgan fingerprint density at radius 2 is 1.88 bits per heavy atom. The van der Waals surface area contributed by atoms with Crippen molar-refractivity contribution in [3.63, 3.8) is 0 Å². The lowest BCUT2D eigenvalue weighted by Crippen LogP contribution is -2.02. The number of aromatic nitrogens is 3. The molecule has 5 heteroatoms. The molecule has 0 aliphatic rings. The van der Waals surface area contributed by atoms with Gasteiger partial charge < -0.3 is 5.11 Å². The first-order valence-electron chi connectivity index (χ1n) is 5.09. The molecule has 2 rings (SSSR count). The van der Waals surface area contributed by atoms with E-state index in [0.29, 0.717) is 17.2 Å². The van der Waals surface area contributed by atoms with E-state index in [1.54, 1.807) is 25.1 Å². The van der Waals surface area contributed by atoms with Crippen LogP contribution in [0, 0.1) is 13.8 Å². The number of carboxylic acids is 1. The first-order valence-corrected chi connectivity index (χ1v) is 5.09. The van der Waals surface area contributed by atoms with Crippen molar-refractivity contribution in [2.45, 2.75) is 13.8 Å². The lowest BCUT2D eigenvalue weighted by molar-refractivity contribution is 0.0690. The zero-order valence-corrected chi connectivity index (χ0v) is 9.51. The monoisotopic (exact) mass is 229 g/mol. The summed E-state index contributed by atoms with van der Waals surface area (Å²) in [6, 6.07) is 6.61. The highest BCUT2D eigenvalue weighted by Gasteiger charge is 2.08. The second-order valence-corrected chi connectivity index (χ2v) is 3.65. The quantitative estimate of drug-likeness (QED) is 0.850. The van der Waals surface area contributed by atoms with Crippen molar-refractivity contribution in [1.82, 2.24) is 15.0 Å². The molecule has 0 fully saturated rings. The van der Waals surface area contributed by atoms with Crippen molar-refractivity contribution in [2.24, 2.45) is 0 Å². The van der Waals surface area contributed by atoms with E-state index < -0.39 is 5.97 Å². The fourth-order valence-corrected chi connectivity index (χ4v) is 1.54. The summed E-state index contributed by atoms with van der Waals surface area (Å²) in [5.41, 5.74) is 2.02. The lowest BCUT2D eigenvalue weighted by atomic mass is 10.2. The third kappa shape index (κ3) is 2.44. The minimum atomic E-state index is -1.05. The van der Waals surface area contributed by atoms with Crippen LogP contribution >= 0.6 is 0 Å². The van der Waals surface area contributed by atoms with Crippen molar-refractivity contribution in [2.75, 3.05) is 0 Å². The summed E-state index contributed by atoms with van der Waals surface area (Å²) in [5.74, 6) is -0.406. The molecular weight excluding hydrogens is 218 g/mol. The van der Waals surface area contributed by atoms with Crippen LogP contribution in [0.5, 0.6) is 0 Å². The van der Waals surface area contributed by atoms with Gasteiger partial charge in [0.05, 0.1) is 11.4 Å². The second kappa shape index (κ2) is 4.29. The van der Waals surface area contributed by atoms with E-state index in [2.05, 4.69) is 15.0 Å². The van der Waals surface area contributed by atoms with Crippen molar-refractivity contribution < 1.29 is 9.90 Å². The molecular formula is C12H11N3O2. The number of aromatic carboxylic acids is 1. The van der Waals surface area contributed by atoms with Gasteiger partial charge in [0.25, 0.3) is 0 Å². The van der Waals surface area contributed by atoms with Crippen molar-refractivity contribution in [1.29, 1.82) is 0 Å². The Bertz CT molecular complexity index is 561. The average Bonchev–Trinajstić information content (AvgIpc) is 2.28. The molecule has 1 N–H and O–H groups in total. The molecule has 17 heavy (non-hydrogen) atoms. The Labute approximate surface area is 98.2 Å². The molecule has 0 saturated carbocycles. The number of carbonyl (C=O) groups is 1. The number of carboxylic acid groups (broad SMARTS) is 1. The van der Waals surface area contributed by atoms with Crippen LogP contribution in [0.1, 0.15) is 22.0 Å². The van der Waals surface area contributed by atoms with Gasteiger partial charge in [-0.1, -0.05) is 6.07 Å². The fraction of sp³-hybridized carbons (Fsp3) is 0.167. The van der Waals surface area contributed by atoms with Crippen LogP contribution in [-0.2, 0) is 0 Å². The summed E-state index contributed by atoms with van der Waals surface area (Å²) in [6.07, 6.45) is 0. The van der Waals surface area contributed by atoms with Gasteiger partial charge in [-0.25, -0.2) is 19.7 Å². The predicted molar refractivity (Wildman–Crippen MR) is 61.7 cm³/mol. The Kier molecular flexibility index (Phi) is 2.82. The molecule has 2 aromatic heterocycles. The molecule has 86 valence electrons. The van der Waals surface area contributed by atoms with Gasteiger partial charge in [0.15, 0.2) is 0 Å². The van der Waals surface area contributed by atoms with Gasteiger partial charge in [-0.05, 0) is 32.0 Å². The number of aryl methyl sites for hydroxylation is 2. The largest absolute Gasteiger partial charge is 0.477 e. The number of hydrogen-bond donors (Lipinski definition) is 1. The van der Waals surface area contributed by atoms with E-state index in [4.69, 9.17) is 5.11 Å². The van der Waals surface area contributed by atoms with Crippen LogP contribution in [0.2, 0.25) is 0 Å². The highest BCUT2D eigenvalue weighted by Crippen LogP contribution is 2.15. The van der Waals surface area contributed by atoms with Crippen LogP contribution < -0.4 is 0 Å². The van der Waals surface area contributed by atoms with Gasteiger partial charge in [-0.15, -0.1) is 0 Å². The van der Waals surface area contributed by atoms with E-state index >= 15 is 0 Å². The minimum Gasteiger partial charge on any atom is -0.477 e. The van der Waals surface area contributed by atoms with Crippen molar-refractivity contribution >= 4 is 5.97 Å². The van der Waals surface area contributed by atoms with E-state index in [-0.39, 0.29) is 5.69 Å². The van der Waals surface area contributed by atoms with Crippen LogP contribution in [0.4, 0.5) is 0 Å². The standard InChI is InChI=1S/C12H11N3O2/c1-7-6-11(14-8(2)13-7)9-4-3-5-10(15-9)12(16)17/h3-6H,1-2H3,(H,16,17). The van der Waals surface area contributed by atoms with Gasteiger partial charge in [-0.3, -0.25) is 0 Å². The number of hydrogen-bond acceptors (Lipinski definition) is 4. The number of nitrogens with zero attached hydrogens (tertiary/aromatic N) is 3. The van der Waals surface area contributed by atoms with E-state index in [0.717, 1.165) is 5.69 Å². The zero-order chi connectivity index (χ0) is 12.4. The second-order valence-electron chi connectivity index (χ2n) is 3.65. The van der Waals surface area contributed by atoms with Gasteiger partial charge >= 0.3 is 5.97 Å². The Balaban J connectivity index is 2.52. The number of pyridine rings is 1. The Morgan fingerprint density at radius 1 is 1.12 bits per heavy atom. The molecule has 0 aliphatic heterocycles. The molecule has 0 atom stereocenters. The normalized spacial score (nSPS) is 10.2. The molecule has 5 nitrogen and oxygen atoms in total. The van der Waals surface area contributed by atoms with E-state index in [9.17, 15) is 4.79 Å². The summed E-state index contributed by atoms with van der Waals surface area (Å²) in [6.45, 7) is 3.65. The summed E-state index contributed by atoms with van der Waals surface area (Å²) >= 11 is 0. The van der Waals surface area contributed by atoms with Crippen molar-refractivity contribution in [3.05, 3.63) is 41.5 Å². The molecule has 2 heterocycles. The topological polar surface area (TPSA) is 76.0 Å². The Morgan fingerprint density at radius 3 is 2.53 bits per heavy atom. The summed E-state index contributed by atoms with van der Waals surface area (Å²) < 4.78 is 0. The van der Waals surface area contributed by atoms with E-state index in [1.165, 1.54) is 6.07 Å². The van der Waals surface area contributed by atoms with Gasteiger partial charge in [0.2, 0.25) is 0 Å². The van der Waals surface area contributed by atoms with Crippen LogP contribution in [0.15, 0.2) is 24.3 Å². The van der Waals surface area contributed by atoms with E-state index in [1.807, 2.05) is 6.92 Å². The third-order valence-corrected chi connectivity index (χ3v) is 2.20. The smallest absolute Gasteiger partial charge is 0.354 e. The van der Waals surface area contributed by atoms with Crippen LogP contribution in [-0.4, -0.2) is 26.0 Å². The maximum atomic E-state index is 10.8. The summed E-state index contributed by atoms with van der Waals surface area (Å²) in [7, 11) is 0. The molecule has 0 aliphatic carbocycles. The summed E-state index contributed by atoms with van der Waals surface area (Å²) in [5, 5.41) is 8.87. The molecule has 0 bridgehead atoms. The first-order chi connectivity index (χ1) is 8.06. The maximum absolute atomic E-state index is 10.8. The zero-order valence-electron chi connectivity index (χ0n) is 9.51. The molecule has 0 amide bonds. The van der Waals surface area contributed by atoms with Gasteiger partial charge in [0.1, 0.15) is 11.5 Å². The van der Waals surface area contributed by atoms with Crippen LogP contribution in [0.25, 0.3) is 11.4 Å². The molecule has 0 spiro atoms. The maximum Gasteiger partial charge on any atom is 0.354 e. The Hall–Kier alpha value is -2.30. The fourth-order valence-electron chi connectivity index (χ4n) is 1.54. The number of rotatable bonds is 2. The SMILES string of the molecule is Cc1cc(-c2cccc(C(=O)O)n2)nc(C)n1. The molecule has 0 saturated heterocycles. The average molecular weight is 229 g/mol. The minimum absolute atomic E-state index is 0.0106. The molecule has 2 aromatic rings. The highest BCUT2D eigenvalue weighted by atomic mass is 16.4. The predicted octanol–water partition coefficient (Wildman–Crippen LogP) is 1.85. The molecule has 0 aromatic carbocycles.